The molecule has 0 aromatic heterocycles. The van der Waals surface area contributed by atoms with Crippen molar-refractivity contribution in [2.75, 3.05) is 13.1 Å². The summed E-state index contributed by atoms with van der Waals surface area (Å²) in [7, 11) is 0. The first-order chi connectivity index (χ1) is 9.37. The third kappa shape index (κ3) is 2.99. The van der Waals surface area contributed by atoms with Crippen LogP contribution in [0, 0.1) is 0 Å². The van der Waals surface area contributed by atoms with Crippen LogP contribution in [0.3, 0.4) is 0 Å². The van der Waals surface area contributed by atoms with Crippen LogP contribution in [0.5, 0.6) is 0 Å². The highest BCUT2D eigenvalue weighted by Crippen LogP contribution is 2.40. The molecule has 20 heavy (non-hydrogen) atoms. The van der Waals surface area contributed by atoms with E-state index in [-0.39, 0.29) is 32.0 Å². The Morgan fingerprint density at radius 1 is 1.20 bits per heavy atom. The lowest BCUT2D eigenvalue weighted by Gasteiger charge is -2.42. The molecule has 2 nitrogen and oxygen atoms in total. The predicted molar refractivity (Wildman–Crippen MR) is 71.3 cm³/mol. The van der Waals surface area contributed by atoms with Crippen molar-refractivity contribution in [3.63, 3.8) is 0 Å². The Morgan fingerprint density at radius 2 is 1.75 bits per heavy atom. The summed E-state index contributed by atoms with van der Waals surface area (Å²) in [6.07, 6.45) is -4.19. The van der Waals surface area contributed by atoms with E-state index in [1.165, 1.54) is 0 Å². The van der Waals surface area contributed by atoms with Gasteiger partial charge in [0.05, 0.1) is 0 Å². The van der Waals surface area contributed by atoms with E-state index in [0.717, 1.165) is 12.0 Å². The molecule has 1 heterocycles. The maximum atomic E-state index is 12.8. The molecule has 1 aliphatic rings. The van der Waals surface area contributed by atoms with Crippen LogP contribution in [0.4, 0.5) is 13.2 Å². The minimum absolute atomic E-state index is 0.119. The predicted octanol–water partition coefficient (Wildman–Crippen LogP) is 3.53. The molecule has 1 saturated heterocycles. The van der Waals surface area contributed by atoms with Crippen LogP contribution >= 0.6 is 0 Å². The van der Waals surface area contributed by atoms with E-state index >= 15 is 0 Å². The smallest absolute Gasteiger partial charge is 0.380 e. The number of piperidine rings is 1. The number of hydrogen-bond acceptors (Lipinski definition) is 2. The molecular formula is C15H20F3NO. The summed E-state index contributed by atoms with van der Waals surface area (Å²) in [5.41, 5.74) is -1.40. The summed E-state index contributed by atoms with van der Waals surface area (Å²) < 4.78 is 38.4. The molecule has 1 aromatic carbocycles. The van der Waals surface area contributed by atoms with Gasteiger partial charge in [-0.15, -0.1) is 0 Å². The molecule has 5 heteroatoms. The normalized spacial score (nSPS) is 21.6. The Kier molecular flexibility index (Phi) is 4.39. The Hall–Kier alpha value is -1.07. The standard InChI is InChI=1S/C15H20F3NO/c1-2-13(12-6-4-3-5-7-12)19-10-8-14(20,9-11-19)15(16,17)18/h3-7,13,20H,2,8-11H2,1H3. The highest BCUT2D eigenvalue weighted by Gasteiger charge is 2.54. The number of hydrogen-bond donors (Lipinski definition) is 1. The van der Waals surface area contributed by atoms with Crippen molar-refractivity contribution in [2.24, 2.45) is 0 Å². The van der Waals surface area contributed by atoms with Gasteiger partial charge in [-0.1, -0.05) is 37.3 Å². The third-order valence-corrected chi connectivity index (χ3v) is 4.16. The van der Waals surface area contributed by atoms with E-state index in [2.05, 4.69) is 0 Å². The van der Waals surface area contributed by atoms with Crippen LogP contribution in [0.2, 0.25) is 0 Å². The molecule has 0 amide bonds. The second-order valence-corrected chi connectivity index (χ2v) is 5.40. The zero-order chi connectivity index (χ0) is 14.8. The van der Waals surface area contributed by atoms with E-state index in [1.54, 1.807) is 0 Å². The molecule has 1 aliphatic heterocycles. The molecule has 0 radical (unpaired) electrons. The summed E-state index contributed by atoms with van der Waals surface area (Å²) in [6, 6.07) is 9.92. The second-order valence-electron chi connectivity index (χ2n) is 5.40. The fraction of sp³-hybridized carbons (Fsp3) is 0.600. The number of likely N-dealkylation sites (tertiary alicyclic amines) is 1. The summed E-state index contributed by atoms with van der Waals surface area (Å²) in [6.45, 7) is 2.56. The van der Waals surface area contributed by atoms with Crippen molar-refractivity contribution in [3.05, 3.63) is 35.9 Å². The fourth-order valence-corrected chi connectivity index (χ4v) is 2.87. The molecule has 1 atom stereocenters. The Morgan fingerprint density at radius 3 is 2.20 bits per heavy atom. The lowest BCUT2D eigenvalue weighted by molar-refractivity contribution is -0.273. The number of alkyl halides is 3. The molecule has 1 unspecified atom stereocenters. The van der Waals surface area contributed by atoms with Crippen molar-refractivity contribution in [1.29, 1.82) is 0 Å². The number of halogens is 3. The Labute approximate surface area is 117 Å². The maximum absolute atomic E-state index is 12.8. The molecule has 1 aromatic rings. The number of aliphatic hydroxyl groups is 1. The second kappa shape index (κ2) is 5.74. The number of rotatable bonds is 3. The van der Waals surface area contributed by atoms with E-state index in [1.807, 2.05) is 42.2 Å². The molecule has 1 N–H and O–H groups in total. The van der Waals surface area contributed by atoms with Gasteiger partial charge in [0.1, 0.15) is 0 Å². The van der Waals surface area contributed by atoms with Gasteiger partial charge >= 0.3 is 6.18 Å². The molecule has 0 saturated carbocycles. The first-order valence-corrected chi connectivity index (χ1v) is 6.95. The van der Waals surface area contributed by atoms with E-state index < -0.39 is 11.8 Å². The van der Waals surface area contributed by atoms with Crippen molar-refractivity contribution < 1.29 is 18.3 Å². The Bertz CT molecular complexity index is 424. The summed E-state index contributed by atoms with van der Waals surface area (Å²) in [5, 5.41) is 9.70. The SMILES string of the molecule is CCC(c1ccccc1)N1CCC(O)(C(F)(F)F)CC1. The van der Waals surface area contributed by atoms with Crippen molar-refractivity contribution in [2.45, 2.75) is 44.0 Å². The van der Waals surface area contributed by atoms with Crippen LogP contribution in [0.15, 0.2) is 30.3 Å². The maximum Gasteiger partial charge on any atom is 0.417 e. The molecule has 0 bridgehead atoms. The van der Waals surface area contributed by atoms with Gasteiger partial charge in [-0.3, -0.25) is 4.90 Å². The summed E-state index contributed by atoms with van der Waals surface area (Å²) >= 11 is 0. The van der Waals surface area contributed by atoms with E-state index in [9.17, 15) is 18.3 Å². The molecule has 0 aliphatic carbocycles. The first kappa shape index (κ1) is 15.3. The van der Waals surface area contributed by atoms with Crippen LogP contribution in [0.25, 0.3) is 0 Å². The zero-order valence-corrected chi connectivity index (χ0v) is 11.5. The van der Waals surface area contributed by atoms with Gasteiger partial charge in [-0.05, 0) is 24.8 Å². The minimum atomic E-state index is -4.53. The Balaban J connectivity index is 2.06. The first-order valence-electron chi connectivity index (χ1n) is 6.95. The van der Waals surface area contributed by atoms with Gasteiger partial charge in [0.15, 0.2) is 5.60 Å². The average Bonchev–Trinajstić information content (AvgIpc) is 2.42. The van der Waals surface area contributed by atoms with Crippen LogP contribution in [-0.4, -0.2) is 34.9 Å². The minimum Gasteiger partial charge on any atom is -0.380 e. The lowest BCUT2D eigenvalue weighted by atomic mass is 9.89. The van der Waals surface area contributed by atoms with Gasteiger partial charge in [0.25, 0.3) is 0 Å². The van der Waals surface area contributed by atoms with Crippen LogP contribution in [-0.2, 0) is 0 Å². The lowest BCUT2D eigenvalue weighted by Crippen LogP contribution is -2.53. The third-order valence-electron chi connectivity index (χ3n) is 4.16. The van der Waals surface area contributed by atoms with Gasteiger partial charge < -0.3 is 5.11 Å². The summed E-state index contributed by atoms with van der Waals surface area (Å²) in [5.74, 6) is 0. The average molecular weight is 287 g/mol. The summed E-state index contributed by atoms with van der Waals surface area (Å²) in [4.78, 5) is 2.04. The zero-order valence-electron chi connectivity index (χ0n) is 11.5. The van der Waals surface area contributed by atoms with Gasteiger partial charge in [0.2, 0.25) is 0 Å². The van der Waals surface area contributed by atoms with Crippen molar-refractivity contribution >= 4 is 0 Å². The van der Waals surface area contributed by atoms with Gasteiger partial charge in [-0.25, -0.2) is 0 Å². The highest BCUT2D eigenvalue weighted by molar-refractivity contribution is 5.19. The highest BCUT2D eigenvalue weighted by atomic mass is 19.4. The quantitative estimate of drug-likeness (QED) is 0.919. The molecule has 1 fully saturated rings. The molecular weight excluding hydrogens is 267 g/mol. The fourth-order valence-electron chi connectivity index (χ4n) is 2.87. The largest absolute Gasteiger partial charge is 0.417 e. The molecule has 112 valence electrons. The van der Waals surface area contributed by atoms with Gasteiger partial charge in [-0.2, -0.15) is 13.2 Å². The van der Waals surface area contributed by atoms with E-state index in [4.69, 9.17) is 0 Å². The number of benzene rings is 1. The topological polar surface area (TPSA) is 23.5 Å². The van der Waals surface area contributed by atoms with Crippen molar-refractivity contribution in [3.8, 4) is 0 Å². The number of nitrogens with zero attached hydrogens (tertiary/aromatic N) is 1. The van der Waals surface area contributed by atoms with Gasteiger partial charge in [0, 0.05) is 19.1 Å². The van der Waals surface area contributed by atoms with Crippen molar-refractivity contribution in [1.82, 2.24) is 4.90 Å². The van der Waals surface area contributed by atoms with Crippen LogP contribution < -0.4 is 0 Å². The van der Waals surface area contributed by atoms with E-state index in [0.29, 0.717) is 0 Å². The van der Waals surface area contributed by atoms with Crippen LogP contribution in [0.1, 0.15) is 37.8 Å². The monoisotopic (exact) mass is 287 g/mol. The molecule has 2 rings (SSSR count). The molecule has 0 spiro atoms.